The fourth-order valence-corrected chi connectivity index (χ4v) is 5.88. The van der Waals surface area contributed by atoms with Crippen molar-refractivity contribution in [1.82, 2.24) is 20.1 Å². The number of benzene rings is 3. The number of hydrogen-bond donors (Lipinski definition) is 1. The number of nitrogens with one attached hydrogen (secondary N) is 1. The van der Waals surface area contributed by atoms with Crippen molar-refractivity contribution < 1.29 is 27.5 Å². The van der Waals surface area contributed by atoms with E-state index in [2.05, 4.69) is 39.0 Å². The number of alkyl halides is 3. The average molecular weight is 677 g/mol. The minimum Gasteiger partial charge on any atom is -0.406 e. The maximum atomic E-state index is 12.8. The molecule has 250 valence electrons. The molecule has 0 radical (unpaired) electrons. The Kier molecular flexibility index (Phi) is 10.7. The summed E-state index contributed by atoms with van der Waals surface area (Å²) < 4.78 is 42.7. The molecule has 9 nitrogen and oxygen atoms in total. The smallest absolute Gasteiger partial charge is 0.406 e. The number of carbonyl (C=O) groups is 2. The number of ether oxygens (including phenoxy) is 1. The second kappa shape index (κ2) is 14.9. The maximum Gasteiger partial charge on any atom is 0.573 e. The third-order valence-corrected chi connectivity index (χ3v) is 8.40. The lowest BCUT2D eigenvalue weighted by molar-refractivity contribution is -0.274. The Hall–Kier alpha value is -4.91. The average Bonchev–Trinajstić information content (AvgIpc) is 3.66. The second-order valence-corrected chi connectivity index (χ2v) is 12.6. The van der Waals surface area contributed by atoms with Crippen molar-refractivity contribution in [2.45, 2.75) is 46.4 Å². The first-order valence-electron chi connectivity index (χ1n) is 15.4. The van der Waals surface area contributed by atoms with E-state index in [1.54, 1.807) is 4.90 Å². The molecule has 1 aliphatic heterocycles. The van der Waals surface area contributed by atoms with E-state index in [-0.39, 0.29) is 29.2 Å². The maximum absolute atomic E-state index is 12.8. The molecule has 4 aromatic rings. The first-order chi connectivity index (χ1) is 22.9. The van der Waals surface area contributed by atoms with Crippen molar-refractivity contribution >= 4 is 40.6 Å². The minimum absolute atomic E-state index is 0.0980. The molecular formula is C35H35F3N6O3S. The van der Waals surface area contributed by atoms with Crippen LogP contribution in [0.25, 0.3) is 23.2 Å². The van der Waals surface area contributed by atoms with Gasteiger partial charge in [-0.1, -0.05) is 75.0 Å². The van der Waals surface area contributed by atoms with Gasteiger partial charge in [0.05, 0.1) is 17.1 Å². The molecule has 1 unspecified atom stereocenters. The summed E-state index contributed by atoms with van der Waals surface area (Å²) in [6.07, 6.45) is 1.44. The zero-order valence-electron chi connectivity index (χ0n) is 26.9. The first kappa shape index (κ1) is 34.4. The van der Waals surface area contributed by atoms with Gasteiger partial charge in [-0.2, -0.15) is 4.99 Å². The Morgan fingerprint density at radius 2 is 1.88 bits per heavy atom. The second-order valence-electron chi connectivity index (χ2n) is 11.7. The highest BCUT2D eigenvalue weighted by Gasteiger charge is 2.33. The predicted molar refractivity (Wildman–Crippen MR) is 182 cm³/mol. The molecule has 1 aliphatic rings. The highest BCUT2D eigenvalue weighted by atomic mass is 32.2. The third-order valence-electron chi connectivity index (χ3n) is 7.48. The summed E-state index contributed by atoms with van der Waals surface area (Å²) >= 11 is 1.26. The molecule has 1 atom stereocenters. The SMILES string of the molecule is Cc1ccc(C(C)C)c(N2C(=O)CSC2=NC(=O)NCCC(C)C=Cc2cccc(-c3ncn(-c4ccc(OC(F)(F)F)cc4)n3)c2)c1. The van der Waals surface area contributed by atoms with Crippen LogP contribution in [0.3, 0.4) is 0 Å². The number of aliphatic imine (C=N–C) groups is 1. The molecule has 0 spiro atoms. The predicted octanol–water partition coefficient (Wildman–Crippen LogP) is 8.15. The molecule has 1 aromatic heterocycles. The number of rotatable bonds is 10. The van der Waals surface area contributed by atoms with Gasteiger partial charge in [-0.3, -0.25) is 9.69 Å². The molecule has 0 aliphatic carbocycles. The molecule has 3 aromatic carbocycles. The van der Waals surface area contributed by atoms with Crippen LogP contribution in [0.4, 0.5) is 23.7 Å². The van der Waals surface area contributed by atoms with Gasteiger partial charge in [0, 0.05) is 12.1 Å². The zero-order valence-corrected chi connectivity index (χ0v) is 27.7. The Bertz CT molecular complexity index is 1840. The normalized spacial score (nSPS) is 15.1. The summed E-state index contributed by atoms with van der Waals surface area (Å²) in [4.78, 5) is 35.7. The van der Waals surface area contributed by atoms with Crippen LogP contribution < -0.4 is 15.0 Å². The summed E-state index contributed by atoms with van der Waals surface area (Å²) in [5.74, 6) is 0.620. The van der Waals surface area contributed by atoms with Gasteiger partial charge < -0.3 is 10.1 Å². The Morgan fingerprint density at radius 1 is 1.10 bits per heavy atom. The molecule has 0 bridgehead atoms. The van der Waals surface area contributed by atoms with Crippen molar-refractivity contribution in [3.63, 3.8) is 0 Å². The van der Waals surface area contributed by atoms with E-state index in [0.29, 0.717) is 29.6 Å². The van der Waals surface area contributed by atoms with E-state index < -0.39 is 12.4 Å². The number of amides is 3. The van der Waals surface area contributed by atoms with E-state index in [9.17, 15) is 22.8 Å². The van der Waals surface area contributed by atoms with Crippen LogP contribution in [0.5, 0.6) is 5.75 Å². The summed E-state index contributed by atoms with van der Waals surface area (Å²) in [6.45, 7) is 8.56. The van der Waals surface area contributed by atoms with Crippen LogP contribution in [-0.4, -0.2) is 50.5 Å². The van der Waals surface area contributed by atoms with Crippen molar-refractivity contribution in [3.05, 3.63) is 95.8 Å². The monoisotopic (exact) mass is 676 g/mol. The van der Waals surface area contributed by atoms with Crippen molar-refractivity contribution in [3.8, 4) is 22.8 Å². The highest BCUT2D eigenvalue weighted by molar-refractivity contribution is 8.15. The van der Waals surface area contributed by atoms with Crippen LogP contribution >= 0.6 is 11.8 Å². The van der Waals surface area contributed by atoms with E-state index in [0.717, 1.165) is 27.9 Å². The number of allylic oxidation sites excluding steroid dienone is 1. The van der Waals surface area contributed by atoms with Crippen LogP contribution in [0, 0.1) is 12.8 Å². The highest BCUT2D eigenvalue weighted by Crippen LogP contribution is 2.34. The number of amidine groups is 1. The minimum atomic E-state index is -4.76. The zero-order chi connectivity index (χ0) is 34.4. The molecular weight excluding hydrogens is 641 g/mol. The Balaban J connectivity index is 1.15. The van der Waals surface area contributed by atoms with E-state index in [1.807, 2.05) is 68.5 Å². The van der Waals surface area contributed by atoms with Crippen molar-refractivity contribution in [2.75, 3.05) is 17.2 Å². The molecule has 13 heteroatoms. The van der Waals surface area contributed by atoms with E-state index >= 15 is 0 Å². The molecule has 5 rings (SSSR count). The lowest BCUT2D eigenvalue weighted by Gasteiger charge is -2.22. The molecule has 48 heavy (non-hydrogen) atoms. The van der Waals surface area contributed by atoms with Crippen LogP contribution in [-0.2, 0) is 4.79 Å². The van der Waals surface area contributed by atoms with Gasteiger partial charge in [-0.25, -0.2) is 14.5 Å². The lowest BCUT2D eigenvalue weighted by atomic mass is 9.99. The summed E-state index contributed by atoms with van der Waals surface area (Å²) in [7, 11) is 0. The van der Waals surface area contributed by atoms with Crippen LogP contribution in [0.15, 0.2) is 84.1 Å². The third kappa shape index (κ3) is 8.91. The first-order valence-corrected chi connectivity index (χ1v) is 16.3. The number of urea groups is 1. The van der Waals surface area contributed by atoms with Gasteiger partial charge in [0.2, 0.25) is 5.91 Å². The molecule has 1 N–H and O–H groups in total. The summed E-state index contributed by atoms with van der Waals surface area (Å²) in [5.41, 5.74) is 5.05. The fraction of sp³-hybridized carbons (Fsp3) is 0.286. The number of aryl methyl sites for hydroxylation is 1. The van der Waals surface area contributed by atoms with Gasteiger partial charge in [-0.15, -0.1) is 18.3 Å². The van der Waals surface area contributed by atoms with Gasteiger partial charge in [0.25, 0.3) is 0 Å². The number of hydrogen-bond acceptors (Lipinski definition) is 6. The number of anilines is 1. The number of carbonyl (C=O) groups excluding carboxylic acids is 2. The standard InChI is InChI=1S/C35H35F3N6O3S/c1-22(2)29-15-9-24(4)18-30(29)44-31(45)20-48-34(44)41-33(46)39-17-16-23(3)8-10-25-6-5-7-26(19-25)32-40-21-43(42-32)27-11-13-28(14-12-27)47-35(36,37)38/h5-15,18-19,21-23H,16-17,20H2,1-4H3,(H,39,46). The largest absolute Gasteiger partial charge is 0.573 e. The van der Waals surface area contributed by atoms with E-state index in [4.69, 9.17) is 0 Å². The van der Waals surface area contributed by atoms with Crippen molar-refractivity contribution in [1.29, 1.82) is 0 Å². The van der Waals surface area contributed by atoms with Crippen molar-refractivity contribution in [2.24, 2.45) is 10.9 Å². The number of nitrogens with zero attached hydrogens (tertiary/aromatic N) is 5. The van der Waals surface area contributed by atoms with Gasteiger partial charge in [0.15, 0.2) is 11.0 Å². The summed E-state index contributed by atoms with van der Waals surface area (Å²) in [6, 6.07) is 18.5. The van der Waals surface area contributed by atoms with Crippen LogP contribution in [0.2, 0.25) is 0 Å². The molecule has 2 heterocycles. The lowest BCUT2D eigenvalue weighted by Crippen LogP contribution is -2.32. The van der Waals surface area contributed by atoms with Crippen LogP contribution in [0.1, 0.15) is 49.8 Å². The molecule has 1 fully saturated rings. The number of thioether (sulfide) groups is 1. The topological polar surface area (TPSA) is 102 Å². The molecule has 3 amide bonds. The number of aromatic nitrogens is 3. The Labute approximate surface area is 280 Å². The fourth-order valence-electron chi connectivity index (χ4n) is 5.02. The van der Waals surface area contributed by atoms with Gasteiger partial charge in [-0.05, 0) is 78.3 Å². The summed E-state index contributed by atoms with van der Waals surface area (Å²) in [5, 5.41) is 7.70. The van der Waals surface area contributed by atoms with Gasteiger partial charge >= 0.3 is 12.4 Å². The Morgan fingerprint density at radius 3 is 2.60 bits per heavy atom. The van der Waals surface area contributed by atoms with E-state index in [1.165, 1.54) is 47.0 Å². The number of halogens is 3. The van der Waals surface area contributed by atoms with Gasteiger partial charge in [0.1, 0.15) is 12.1 Å². The molecule has 0 saturated carbocycles. The quantitative estimate of drug-likeness (QED) is 0.182. The molecule has 1 saturated heterocycles.